The molecule has 1 amide bonds. The molecule has 1 aromatic rings. The molecule has 1 aromatic heterocycles. The Labute approximate surface area is 96.7 Å². The normalized spacial score (nSPS) is 10.4. The molecule has 0 atom stereocenters. The average Bonchev–Trinajstić information content (AvgIpc) is 2.34. The highest BCUT2D eigenvalue weighted by Crippen LogP contribution is 1.95. The van der Waals surface area contributed by atoms with Crippen molar-refractivity contribution in [1.29, 1.82) is 0 Å². The van der Waals surface area contributed by atoms with Gasteiger partial charge in [0.15, 0.2) is 0 Å². The lowest BCUT2D eigenvalue weighted by Gasteiger charge is -2.17. The monoisotopic (exact) mass is 221 g/mol. The lowest BCUT2D eigenvalue weighted by molar-refractivity contribution is -0.122. The van der Waals surface area contributed by atoms with Crippen molar-refractivity contribution < 1.29 is 4.79 Å². The molecule has 88 valence electrons. The maximum absolute atomic E-state index is 11.6. The number of hydrogen-bond donors (Lipinski definition) is 1. The molecular formula is C12H19N3O. The van der Waals surface area contributed by atoms with Gasteiger partial charge < -0.3 is 5.32 Å². The van der Waals surface area contributed by atoms with Crippen LogP contribution in [0.1, 0.15) is 19.4 Å². The van der Waals surface area contributed by atoms with E-state index in [-0.39, 0.29) is 5.91 Å². The molecule has 0 radical (unpaired) electrons. The average molecular weight is 221 g/mol. The highest BCUT2D eigenvalue weighted by Gasteiger charge is 2.06. The summed E-state index contributed by atoms with van der Waals surface area (Å²) in [5, 5.41) is 2.89. The maximum Gasteiger partial charge on any atom is 0.234 e. The molecule has 0 bridgehead atoms. The van der Waals surface area contributed by atoms with Crippen molar-refractivity contribution >= 4 is 5.91 Å². The molecule has 0 saturated heterocycles. The summed E-state index contributed by atoms with van der Waals surface area (Å²) in [6, 6.07) is 3.80. The minimum atomic E-state index is 0.0699. The van der Waals surface area contributed by atoms with Gasteiger partial charge in [-0.25, -0.2) is 0 Å². The molecule has 0 spiro atoms. The summed E-state index contributed by atoms with van der Waals surface area (Å²) >= 11 is 0. The van der Waals surface area contributed by atoms with Gasteiger partial charge in [0, 0.05) is 18.9 Å². The molecule has 0 saturated carbocycles. The van der Waals surface area contributed by atoms with Crippen molar-refractivity contribution in [3.63, 3.8) is 0 Å². The number of rotatable bonds is 6. The van der Waals surface area contributed by atoms with E-state index in [9.17, 15) is 4.79 Å². The molecule has 1 N–H and O–H groups in total. The summed E-state index contributed by atoms with van der Waals surface area (Å²) in [5.74, 6) is 0.0699. The second kappa shape index (κ2) is 6.95. The molecule has 0 aliphatic heterocycles. The predicted octanol–water partition coefficient (Wildman–Crippen LogP) is 1.04. The van der Waals surface area contributed by atoms with Gasteiger partial charge in [-0.15, -0.1) is 0 Å². The van der Waals surface area contributed by atoms with Crippen LogP contribution < -0.4 is 5.32 Å². The third kappa shape index (κ3) is 4.40. The lowest BCUT2D eigenvalue weighted by Crippen LogP contribution is -2.36. The number of hydrogen-bond acceptors (Lipinski definition) is 3. The fourth-order valence-corrected chi connectivity index (χ4v) is 1.41. The van der Waals surface area contributed by atoms with E-state index in [0.29, 0.717) is 13.1 Å². The second-order valence-electron chi connectivity index (χ2n) is 3.59. The standard InChI is InChI=1S/C12H19N3O/c1-3-15(4-2)10-12(16)14-9-11-5-7-13-8-6-11/h5-8H,3-4,9-10H2,1-2H3,(H,14,16). The van der Waals surface area contributed by atoms with Crippen molar-refractivity contribution in [1.82, 2.24) is 15.2 Å². The van der Waals surface area contributed by atoms with Crippen molar-refractivity contribution in [3.8, 4) is 0 Å². The molecule has 1 rings (SSSR count). The fourth-order valence-electron chi connectivity index (χ4n) is 1.41. The molecule has 4 heteroatoms. The summed E-state index contributed by atoms with van der Waals surface area (Å²) in [6.45, 7) is 6.96. The number of aromatic nitrogens is 1. The van der Waals surface area contributed by atoms with Gasteiger partial charge >= 0.3 is 0 Å². The number of amides is 1. The number of nitrogens with zero attached hydrogens (tertiary/aromatic N) is 2. The molecule has 0 aliphatic carbocycles. The molecule has 0 fully saturated rings. The topological polar surface area (TPSA) is 45.2 Å². The van der Waals surface area contributed by atoms with Crippen LogP contribution in [0.3, 0.4) is 0 Å². The van der Waals surface area contributed by atoms with Crippen LogP contribution >= 0.6 is 0 Å². The van der Waals surface area contributed by atoms with E-state index in [1.807, 2.05) is 12.1 Å². The Balaban J connectivity index is 2.30. The van der Waals surface area contributed by atoms with Crippen LogP contribution in [0.2, 0.25) is 0 Å². The SMILES string of the molecule is CCN(CC)CC(=O)NCc1ccncc1. The van der Waals surface area contributed by atoms with Gasteiger partial charge in [-0.3, -0.25) is 14.7 Å². The van der Waals surface area contributed by atoms with Gasteiger partial charge in [0.1, 0.15) is 0 Å². The Morgan fingerprint density at radius 3 is 2.50 bits per heavy atom. The van der Waals surface area contributed by atoms with Crippen LogP contribution in [0, 0.1) is 0 Å². The molecule has 0 aliphatic rings. The molecule has 0 unspecified atom stereocenters. The molecule has 4 nitrogen and oxygen atoms in total. The fraction of sp³-hybridized carbons (Fsp3) is 0.500. The highest BCUT2D eigenvalue weighted by molar-refractivity contribution is 5.77. The predicted molar refractivity (Wildman–Crippen MR) is 63.9 cm³/mol. The van der Waals surface area contributed by atoms with E-state index in [1.165, 1.54) is 0 Å². The number of carbonyl (C=O) groups excluding carboxylic acids is 1. The maximum atomic E-state index is 11.6. The first kappa shape index (κ1) is 12.6. The minimum Gasteiger partial charge on any atom is -0.351 e. The first-order chi connectivity index (χ1) is 7.76. The first-order valence-corrected chi connectivity index (χ1v) is 5.64. The zero-order chi connectivity index (χ0) is 11.8. The van der Waals surface area contributed by atoms with Crippen LogP contribution in [-0.2, 0) is 11.3 Å². The molecule has 16 heavy (non-hydrogen) atoms. The third-order valence-electron chi connectivity index (χ3n) is 2.50. The van der Waals surface area contributed by atoms with Crippen LogP contribution in [0.4, 0.5) is 0 Å². The van der Waals surface area contributed by atoms with Gasteiger partial charge in [-0.1, -0.05) is 13.8 Å². The van der Waals surface area contributed by atoms with E-state index in [2.05, 4.69) is 29.0 Å². The Morgan fingerprint density at radius 1 is 1.31 bits per heavy atom. The zero-order valence-corrected chi connectivity index (χ0v) is 9.94. The van der Waals surface area contributed by atoms with Crippen molar-refractivity contribution in [2.24, 2.45) is 0 Å². The molecular weight excluding hydrogens is 202 g/mol. The summed E-state index contributed by atoms with van der Waals surface area (Å²) in [4.78, 5) is 17.6. The van der Waals surface area contributed by atoms with Crippen molar-refractivity contribution in [2.75, 3.05) is 19.6 Å². The van der Waals surface area contributed by atoms with Gasteiger partial charge in [0.2, 0.25) is 5.91 Å². The van der Waals surface area contributed by atoms with Crippen LogP contribution in [0.25, 0.3) is 0 Å². The van der Waals surface area contributed by atoms with E-state index < -0.39 is 0 Å². The van der Waals surface area contributed by atoms with Crippen LogP contribution in [0.15, 0.2) is 24.5 Å². The zero-order valence-electron chi connectivity index (χ0n) is 9.94. The molecule has 1 heterocycles. The Morgan fingerprint density at radius 2 is 1.94 bits per heavy atom. The first-order valence-electron chi connectivity index (χ1n) is 5.64. The molecule has 0 aromatic carbocycles. The minimum absolute atomic E-state index is 0.0699. The van der Waals surface area contributed by atoms with Gasteiger partial charge in [0.25, 0.3) is 0 Å². The Hall–Kier alpha value is -1.42. The highest BCUT2D eigenvalue weighted by atomic mass is 16.2. The van der Waals surface area contributed by atoms with E-state index in [0.717, 1.165) is 18.7 Å². The largest absolute Gasteiger partial charge is 0.351 e. The summed E-state index contributed by atoms with van der Waals surface area (Å²) < 4.78 is 0. The summed E-state index contributed by atoms with van der Waals surface area (Å²) in [6.07, 6.45) is 3.46. The lowest BCUT2D eigenvalue weighted by atomic mass is 10.3. The van der Waals surface area contributed by atoms with Crippen molar-refractivity contribution in [2.45, 2.75) is 20.4 Å². The second-order valence-corrected chi connectivity index (χ2v) is 3.59. The number of likely N-dealkylation sites (N-methyl/N-ethyl adjacent to an activating group) is 1. The van der Waals surface area contributed by atoms with Crippen LogP contribution in [0.5, 0.6) is 0 Å². The van der Waals surface area contributed by atoms with E-state index in [1.54, 1.807) is 12.4 Å². The number of pyridine rings is 1. The van der Waals surface area contributed by atoms with E-state index >= 15 is 0 Å². The van der Waals surface area contributed by atoms with Crippen molar-refractivity contribution in [3.05, 3.63) is 30.1 Å². The van der Waals surface area contributed by atoms with Crippen LogP contribution in [-0.4, -0.2) is 35.4 Å². The Bertz CT molecular complexity index is 309. The van der Waals surface area contributed by atoms with Gasteiger partial charge in [-0.2, -0.15) is 0 Å². The number of nitrogens with one attached hydrogen (secondary N) is 1. The quantitative estimate of drug-likeness (QED) is 0.780. The van der Waals surface area contributed by atoms with E-state index in [4.69, 9.17) is 0 Å². The Kier molecular flexibility index (Phi) is 5.50. The summed E-state index contributed by atoms with van der Waals surface area (Å²) in [5.41, 5.74) is 1.07. The third-order valence-corrected chi connectivity index (χ3v) is 2.50. The van der Waals surface area contributed by atoms with Gasteiger partial charge in [-0.05, 0) is 30.8 Å². The number of carbonyl (C=O) groups is 1. The summed E-state index contributed by atoms with van der Waals surface area (Å²) in [7, 11) is 0. The van der Waals surface area contributed by atoms with Gasteiger partial charge in [0.05, 0.1) is 6.54 Å². The smallest absolute Gasteiger partial charge is 0.234 e.